The third kappa shape index (κ3) is 2.26. The lowest BCUT2D eigenvalue weighted by molar-refractivity contribution is -0.123. The summed E-state index contributed by atoms with van der Waals surface area (Å²) >= 11 is 1.72. The molecule has 0 saturated carbocycles. The van der Waals surface area contributed by atoms with Gasteiger partial charge in [0.15, 0.2) is 6.10 Å². The zero-order valence-electron chi connectivity index (χ0n) is 8.53. The molecule has 1 N–H and O–H groups in total. The van der Waals surface area contributed by atoms with E-state index in [1.165, 1.54) is 0 Å². The van der Waals surface area contributed by atoms with E-state index in [1.54, 1.807) is 11.8 Å². The molecule has 1 aromatic carbocycles. The third-order valence-corrected chi connectivity index (χ3v) is 2.93. The summed E-state index contributed by atoms with van der Waals surface area (Å²) in [5.74, 6) is 1.66. The van der Waals surface area contributed by atoms with Crippen LogP contribution in [0.15, 0.2) is 24.3 Å². The van der Waals surface area contributed by atoms with Gasteiger partial charge in [-0.2, -0.15) is 11.8 Å². The molecule has 0 radical (unpaired) electrons. The number of nitrogens with one attached hydrogen (secondary N) is 1. The lowest BCUT2D eigenvalue weighted by atomic mass is 10.2. The average Bonchev–Trinajstić information content (AvgIpc) is 2.26. The molecule has 0 aromatic heterocycles. The van der Waals surface area contributed by atoms with Crippen molar-refractivity contribution >= 4 is 23.4 Å². The maximum absolute atomic E-state index is 11.6. The molecule has 1 aliphatic rings. The summed E-state index contributed by atoms with van der Waals surface area (Å²) < 4.78 is 5.62. The molecule has 1 heterocycles. The van der Waals surface area contributed by atoms with Crippen molar-refractivity contribution in [2.45, 2.75) is 12.5 Å². The molecule has 0 aliphatic carbocycles. The van der Waals surface area contributed by atoms with Gasteiger partial charge in [-0.1, -0.05) is 12.1 Å². The van der Waals surface area contributed by atoms with Crippen LogP contribution in [0, 0.1) is 0 Å². The Hall–Kier alpha value is -1.16. The Morgan fingerprint density at radius 1 is 1.47 bits per heavy atom. The average molecular weight is 223 g/mol. The molecule has 0 fully saturated rings. The highest BCUT2D eigenvalue weighted by atomic mass is 32.2. The van der Waals surface area contributed by atoms with Gasteiger partial charge in [0.25, 0.3) is 5.91 Å². The lowest BCUT2D eigenvalue weighted by Gasteiger charge is -2.25. The molecule has 15 heavy (non-hydrogen) atoms. The maximum Gasteiger partial charge on any atom is 0.265 e. The Labute approximate surface area is 93.2 Å². The van der Waals surface area contributed by atoms with Gasteiger partial charge in [-0.3, -0.25) is 4.79 Å². The quantitative estimate of drug-likeness (QED) is 0.853. The van der Waals surface area contributed by atoms with Gasteiger partial charge in [-0.15, -0.1) is 0 Å². The van der Waals surface area contributed by atoms with Gasteiger partial charge in [0.05, 0.1) is 5.69 Å². The normalized spacial score (nSPS) is 19.0. The monoisotopic (exact) mass is 223 g/mol. The second-order valence-corrected chi connectivity index (χ2v) is 4.36. The van der Waals surface area contributed by atoms with Crippen LogP contribution in [0.4, 0.5) is 5.69 Å². The first kappa shape index (κ1) is 10.4. The van der Waals surface area contributed by atoms with E-state index >= 15 is 0 Å². The van der Waals surface area contributed by atoms with Crippen molar-refractivity contribution in [1.29, 1.82) is 0 Å². The number of hydrogen-bond acceptors (Lipinski definition) is 3. The van der Waals surface area contributed by atoms with Crippen molar-refractivity contribution in [2.75, 3.05) is 17.3 Å². The first-order valence-corrected chi connectivity index (χ1v) is 6.26. The summed E-state index contributed by atoms with van der Waals surface area (Å²) in [7, 11) is 0. The second-order valence-electron chi connectivity index (χ2n) is 3.37. The van der Waals surface area contributed by atoms with Gasteiger partial charge in [-0.25, -0.2) is 0 Å². The molecule has 0 spiro atoms. The summed E-state index contributed by atoms with van der Waals surface area (Å²) in [6.45, 7) is 0. The maximum atomic E-state index is 11.6. The number of thioether (sulfide) groups is 1. The predicted molar refractivity (Wildman–Crippen MR) is 62.5 cm³/mol. The van der Waals surface area contributed by atoms with Crippen molar-refractivity contribution in [3.05, 3.63) is 24.3 Å². The number of hydrogen-bond donors (Lipinski definition) is 1. The van der Waals surface area contributed by atoms with E-state index in [0.717, 1.165) is 23.6 Å². The van der Waals surface area contributed by atoms with E-state index in [0.29, 0.717) is 0 Å². The molecule has 1 unspecified atom stereocenters. The van der Waals surface area contributed by atoms with Crippen molar-refractivity contribution in [1.82, 2.24) is 0 Å². The first-order chi connectivity index (χ1) is 7.31. The fraction of sp³-hybridized carbons (Fsp3) is 0.364. The summed E-state index contributed by atoms with van der Waals surface area (Å²) in [6, 6.07) is 7.51. The minimum Gasteiger partial charge on any atom is -0.478 e. The SMILES string of the molecule is CSCCC1Oc2ccccc2NC1=O. The number of rotatable bonds is 3. The molecule has 80 valence electrons. The van der Waals surface area contributed by atoms with Gasteiger partial charge >= 0.3 is 0 Å². The lowest BCUT2D eigenvalue weighted by Crippen LogP contribution is -2.37. The van der Waals surface area contributed by atoms with E-state index < -0.39 is 0 Å². The highest BCUT2D eigenvalue weighted by Gasteiger charge is 2.26. The Kier molecular flexibility index (Phi) is 3.16. The van der Waals surface area contributed by atoms with Crippen LogP contribution in [-0.4, -0.2) is 24.0 Å². The fourth-order valence-corrected chi connectivity index (χ4v) is 1.96. The number of carbonyl (C=O) groups is 1. The highest BCUT2D eigenvalue weighted by Crippen LogP contribution is 2.29. The predicted octanol–water partition coefficient (Wildman–Crippen LogP) is 2.14. The molecule has 4 heteroatoms. The Morgan fingerprint density at radius 2 is 2.27 bits per heavy atom. The zero-order valence-corrected chi connectivity index (χ0v) is 9.34. The van der Waals surface area contributed by atoms with Crippen LogP contribution in [0.25, 0.3) is 0 Å². The summed E-state index contributed by atoms with van der Waals surface area (Å²) in [4.78, 5) is 11.6. The standard InChI is InChI=1S/C11H13NO2S/c1-15-7-6-10-11(13)12-8-4-2-3-5-9(8)14-10/h2-5,10H,6-7H2,1H3,(H,12,13). The van der Waals surface area contributed by atoms with E-state index in [4.69, 9.17) is 4.74 Å². The topological polar surface area (TPSA) is 38.3 Å². The number of amides is 1. The van der Waals surface area contributed by atoms with Crippen LogP contribution in [0.3, 0.4) is 0 Å². The van der Waals surface area contributed by atoms with Gasteiger partial charge in [0, 0.05) is 6.42 Å². The van der Waals surface area contributed by atoms with E-state index in [9.17, 15) is 4.79 Å². The highest BCUT2D eigenvalue weighted by molar-refractivity contribution is 7.98. The number of para-hydroxylation sites is 2. The largest absolute Gasteiger partial charge is 0.478 e. The van der Waals surface area contributed by atoms with Crippen molar-refractivity contribution < 1.29 is 9.53 Å². The fourth-order valence-electron chi connectivity index (χ4n) is 1.51. The number of benzene rings is 1. The molecule has 0 saturated heterocycles. The van der Waals surface area contributed by atoms with Crippen LogP contribution in [-0.2, 0) is 4.79 Å². The van der Waals surface area contributed by atoms with Crippen LogP contribution >= 0.6 is 11.8 Å². The third-order valence-electron chi connectivity index (χ3n) is 2.29. The molecule has 0 bridgehead atoms. The van der Waals surface area contributed by atoms with Crippen LogP contribution in [0.1, 0.15) is 6.42 Å². The van der Waals surface area contributed by atoms with Gasteiger partial charge in [0.1, 0.15) is 5.75 Å². The summed E-state index contributed by atoms with van der Waals surface area (Å²) in [6.07, 6.45) is 2.43. The molecule has 1 amide bonds. The van der Waals surface area contributed by atoms with Crippen LogP contribution < -0.4 is 10.1 Å². The van der Waals surface area contributed by atoms with E-state index in [1.807, 2.05) is 30.5 Å². The van der Waals surface area contributed by atoms with Crippen molar-refractivity contribution in [2.24, 2.45) is 0 Å². The van der Waals surface area contributed by atoms with Crippen LogP contribution in [0.5, 0.6) is 5.75 Å². The summed E-state index contributed by atoms with van der Waals surface area (Å²) in [5.41, 5.74) is 0.767. The Bertz CT molecular complexity index is 367. The Balaban J connectivity index is 2.11. The molecule has 1 aliphatic heterocycles. The number of anilines is 1. The molecule has 3 nitrogen and oxygen atoms in total. The minimum atomic E-state index is -0.340. The minimum absolute atomic E-state index is 0.0391. The number of ether oxygens (including phenoxy) is 1. The van der Waals surface area contributed by atoms with Crippen molar-refractivity contribution in [3.8, 4) is 5.75 Å². The number of carbonyl (C=O) groups excluding carboxylic acids is 1. The zero-order chi connectivity index (χ0) is 10.7. The first-order valence-electron chi connectivity index (χ1n) is 4.87. The van der Waals surface area contributed by atoms with Gasteiger partial charge < -0.3 is 10.1 Å². The van der Waals surface area contributed by atoms with Crippen LogP contribution in [0.2, 0.25) is 0 Å². The number of fused-ring (bicyclic) bond motifs is 1. The van der Waals surface area contributed by atoms with Crippen molar-refractivity contribution in [3.63, 3.8) is 0 Å². The van der Waals surface area contributed by atoms with E-state index in [2.05, 4.69) is 5.32 Å². The second kappa shape index (κ2) is 4.57. The van der Waals surface area contributed by atoms with Gasteiger partial charge in [-0.05, 0) is 24.1 Å². The molecule has 2 rings (SSSR count). The van der Waals surface area contributed by atoms with E-state index in [-0.39, 0.29) is 12.0 Å². The smallest absolute Gasteiger partial charge is 0.265 e. The summed E-state index contributed by atoms with van der Waals surface area (Å²) in [5, 5.41) is 2.85. The molecule has 1 aromatic rings. The Morgan fingerprint density at radius 3 is 3.07 bits per heavy atom. The molecular formula is C11H13NO2S. The van der Waals surface area contributed by atoms with Gasteiger partial charge in [0.2, 0.25) is 0 Å². The molecule has 1 atom stereocenters. The molecular weight excluding hydrogens is 210 g/mol.